The van der Waals surface area contributed by atoms with Gasteiger partial charge >= 0.3 is 5.97 Å². The van der Waals surface area contributed by atoms with E-state index in [1.807, 2.05) is 48.7 Å². The van der Waals surface area contributed by atoms with Crippen LogP contribution >= 0.6 is 11.8 Å². The fourth-order valence-electron chi connectivity index (χ4n) is 2.18. The number of benzene rings is 2. The van der Waals surface area contributed by atoms with E-state index in [4.69, 9.17) is 9.15 Å². The number of aromatic nitrogens is 2. The van der Waals surface area contributed by atoms with Gasteiger partial charge < -0.3 is 9.15 Å². The van der Waals surface area contributed by atoms with Gasteiger partial charge in [0, 0.05) is 10.5 Å². The van der Waals surface area contributed by atoms with Gasteiger partial charge in [-0.05, 0) is 37.4 Å². The molecule has 6 heteroatoms. The molecule has 0 aliphatic rings. The van der Waals surface area contributed by atoms with E-state index in [2.05, 4.69) is 10.2 Å². The lowest BCUT2D eigenvalue weighted by molar-refractivity contribution is 0.0276. The van der Waals surface area contributed by atoms with Crippen molar-refractivity contribution >= 4 is 17.7 Å². The molecule has 0 fully saturated rings. The van der Waals surface area contributed by atoms with Crippen LogP contribution in [-0.2, 0) is 4.74 Å². The number of carbonyl (C=O) groups excluding carboxylic acids is 1. The number of nitrogens with zero attached hydrogens (tertiary/aromatic N) is 2. The first-order chi connectivity index (χ1) is 11.7. The van der Waals surface area contributed by atoms with E-state index in [-0.39, 0.29) is 5.89 Å². The van der Waals surface area contributed by atoms with Crippen LogP contribution in [0.4, 0.5) is 0 Å². The van der Waals surface area contributed by atoms with Gasteiger partial charge in [-0.1, -0.05) is 30.3 Å². The number of hydrogen-bond acceptors (Lipinski definition) is 6. The molecule has 1 aromatic heterocycles. The average Bonchev–Trinajstić information content (AvgIpc) is 3.12. The predicted molar refractivity (Wildman–Crippen MR) is 91.8 cm³/mol. The zero-order chi connectivity index (χ0) is 16.9. The maximum Gasteiger partial charge on any atom is 0.340 e. The number of hydrogen-bond donors (Lipinski definition) is 0. The van der Waals surface area contributed by atoms with Crippen molar-refractivity contribution in [1.29, 1.82) is 0 Å². The van der Waals surface area contributed by atoms with Crippen LogP contribution in [0.25, 0.3) is 11.5 Å². The second-order valence-corrected chi connectivity index (χ2v) is 5.91. The molecular weight excluding hydrogens is 324 g/mol. The molecule has 5 nitrogen and oxygen atoms in total. The van der Waals surface area contributed by atoms with Gasteiger partial charge in [-0.3, -0.25) is 0 Å². The van der Waals surface area contributed by atoms with E-state index in [0.717, 1.165) is 10.5 Å². The normalized spacial score (nSPS) is 11.9. The smallest absolute Gasteiger partial charge is 0.340 e. The van der Waals surface area contributed by atoms with E-state index < -0.39 is 12.1 Å². The Morgan fingerprint density at radius 1 is 1.08 bits per heavy atom. The molecule has 0 aliphatic heterocycles. The largest absolute Gasteiger partial charge is 0.449 e. The number of thioether (sulfide) groups is 1. The van der Waals surface area contributed by atoms with Crippen molar-refractivity contribution < 1.29 is 13.9 Å². The summed E-state index contributed by atoms with van der Waals surface area (Å²) in [5.41, 5.74) is 1.35. The molecule has 2 aromatic carbocycles. The summed E-state index contributed by atoms with van der Waals surface area (Å²) < 4.78 is 11.1. The van der Waals surface area contributed by atoms with Crippen LogP contribution in [0.1, 0.15) is 29.3 Å². The van der Waals surface area contributed by atoms with Crippen molar-refractivity contribution in [2.75, 3.05) is 6.26 Å². The Bertz CT molecular complexity index is 833. The molecule has 0 bridgehead atoms. The van der Waals surface area contributed by atoms with Gasteiger partial charge in [0.25, 0.3) is 5.89 Å². The van der Waals surface area contributed by atoms with E-state index >= 15 is 0 Å². The number of ether oxygens (including phenoxy) is 1. The van der Waals surface area contributed by atoms with Crippen molar-refractivity contribution in [3.05, 3.63) is 66.1 Å². The lowest BCUT2D eigenvalue weighted by Gasteiger charge is -2.11. The standard InChI is InChI=1S/C18H16N2O3S/c1-12(22-18(21)14-10-6-7-11-15(14)24-2)16-19-20-17(23-16)13-8-4-3-5-9-13/h3-12H,1-2H3/t12-/m1/s1. The summed E-state index contributed by atoms with van der Waals surface area (Å²) in [5.74, 6) is 0.258. The second kappa shape index (κ2) is 7.31. The third kappa shape index (κ3) is 3.49. The first kappa shape index (κ1) is 16.3. The van der Waals surface area contributed by atoms with Crippen LogP contribution < -0.4 is 0 Å². The van der Waals surface area contributed by atoms with Crippen LogP contribution in [0.2, 0.25) is 0 Å². The first-order valence-electron chi connectivity index (χ1n) is 7.42. The molecule has 24 heavy (non-hydrogen) atoms. The Kier molecular flexibility index (Phi) is 4.96. The van der Waals surface area contributed by atoms with Crippen LogP contribution in [0, 0.1) is 0 Å². The fraction of sp³-hybridized carbons (Fsp3) is 0.167. The monoisotopic (exact) mass is 340 g/mol. The van der Waals surface area contributed by atoms with E-state index in [1.54, 1.807) is 19.1 Å². The molecule has 0 saturated heterocycles. The molecule has 0 N–H and O–H groups in total. The van der Waals surface area contributed by atoms with Gasteiger partial charge in [-0.15, -0.1) is 22.0 Å². The Labute approximate surface area is 144 Å². The van der Waals surface area contributed by atoms with Crippen LogP contribution in [0.5, 0.6) is 0 Å². The second-order valence-electron chi connectivity index (χ2n) is 5.06. The zero-order valence-electron chi connectivity index (χ0n) is 13.3. The highest BCUT2D eigenvalue weighted by molar-refractivity contribution is 7.98. The zero-order valence-corrected chi connectivity index (χ0v) is 14.1. The molecule has 1 heterocycles. The molecule has 0 amide bonds. The minimum Gasteiger partial charge on any atom is -0.449 e. The highest BCUT2D eigenvalue weighted by atomic mass is 32.2. The summed E-state index contributed by atoms with van der Waals surface area (Å²) in [4.78, 5) is 13.2. The first-order valence-corrected chi connectivity index (χ1v) is 8.64. The van der Waals surface area contributed by atoms with Crippen molar-refractivity contribution in [3.8, 4) is 11.5 Å². The van der Waals surface area contributed by atoms with Crippen LogP contribution in [-0.4, -0.2) is 22.4 Å². The van der Waals surface area contributed by atoms with Gasteiger partial charge in [-0.2, -0.15) is 0 Å². The molecular formula is C18H16N2O3S. The molecule has 1 atom stereocenters. The van der Waals surface area contributed by atoms with Crippen LogP contribution in [0.3, 0.4) is 0 Å². The third-order valence-electron chi connectivity index (χ3n) is 3.42. The highest BCUT2D eigenvalue weighted by Crippen LogP contribution is 2.25. The topological polar surface area (TPSA) is 65.2 Å². The van der Waals surface area contributed by atoms with Gasteiger partial charge in [0.2, 0.25) is 5.89 Å². The van der Waals surface area contributed by atoms with Crippen LogP contribution in [0.15, 0.2) is 63.9 Å². The lowest BCUT2D eigenvalue weighted by Crippen LogP contribution is -2.10. The van der Waals surface area contributed by atoms with E-state index in [1.165, 1.54) is 11.8 Å². The predicted octanol–water partition coefficient (Wildman–Crippen LogP) is 4.38. The summed E-state index contributed by atoms with van der Waals surface area (Å²) >= 11 is 1.50. The molecule has 0 aliphatic carbocycles. The molecule has 0 spiro atoms. The van der Waals surface area contributed by atoms with Gasteiger partial charge in [0.15, 0.2) is 6.10 Å². The maximum absolute atomic E-state index is 12.4. The van der Waals surface area contributed by atoms with Gasteiger partial charge in [-0.25, -0.2) is 4.79 Å². The molecule has 0 unspecified atom stereocenters. The molecule has 3 rings (SSSR count). The summed E-state index contributed by atoms with van der Waals surface area (Å²) in [7, 11) is 0. The Balaban J connectivity index is 1.74. The maximum atomic E-state index is 12.4. The van der Waals surface area contributed by atoms with Crippen molar-refractivity contribution in [2.24, 2.45) is 0 Å². The van der Waals surface area contributed by atoms with Gasteiger partial charge in [0.1, 0.15) is 0 Å². The third-order valence-corrected chi connectivity index (χ3v) is 4.22. The van der Waals surface area contributed by atoms with Crippen molar-refractivity contribution in [3.63, 3.8) is 0 Å². The molecule has 0 saturated carbocycles. The van der Waals surface area contributed by atoms with E-state index in [0.29, 0.717) is 11.5 Å². The van der Waals surface area contributed by atoms with E-state index in [9.17, 15) is 4.79 Å². The number of rotatable bonds is 5. The lowest BCUT2D eigenvalue weighted by atomic mass is 10.2. The summed E-state index contributed by atoms with van der Waals surface area (Å²) in [6, 6.07) is 16.8. The molecule has 122 valence electrons. The van der Waals surface area contributed by atoms with Gasteiger partial charge in [0.05, 0.1) is 5.56 Å². The van der Waals surface area contributed by atoms with Crippen molar-refractivity contribution in [2.45, 2.75) is 17.9 Å². The SMILES string of the molecule is CSc1ccccc1C(=O)O[C@H](C)c1nnc(-c2ccccc2)o1. The summed E-state index contributed by atoms with van der Waals surface area (Å²) in [6.45, 7) is 1.71. The molecule has 3 aromatic rings. The highest BCUT2D eigenvalue weighted by Gasteiger charge is 2.21. The minimum atomic E-state index is -0.627. The summed E-state index contributed by atoms with van der Waals surface area (Å²) in [6.07, 6.45) is 1.29. The fourth-order valence-corrected chi connectivity index (χ4v) is 2.77. The summed E-state index contributed by atoms with van der Waals surface area (Å²) in [5, 5.41) is 7.99. The minimum absolute atomic E-state index is 0.267. The Morgan fingerprint density at radius 2 is 1.79 bits per heavy atom. The number of esters is 1. The number of carbonyl (C=O) groups is 1. The average molecular weight is 340 g/mol. The Hall–Kier alpha value is -2.60. The molecule has 0 radical (unpaired) electrons. The Morgan fingerprint density at radius 3 is 2.54 bits per heavy atom. The van der Waals surface area contributed by atoms with Crippen molar-refractivity contribution in [1.82, 2.24) is 10.2 Å². The quantitative estimate of drug-likeness (QED) is 0.507.